The zero-order valence-corrected chi connectivity index (χ0v) is 10.8. The lowest BCUT2D eigenvalue weighted by Gasteiger charge is -2.35. The molecule has 15 heavy (non-hydrogen) atoms. The van der Waals surface area contributed by atoms with Crippen LogP contribution in [0.2, 0.25) is 0 Å². The summed E-state index contributed by atoms with van der Waals surface area (Å²) in [6.45, 7) is 4.94. The van der Waals surface area contributed by atoms with Crippen LogP contribution in [-0.2, 0) is 10.0 Å². The summed E-state index contributed by atoms with van der Waals surface area (Å²) in [5, 5.41) is 3.18. The number of hydrogen-bond donors (Lipinski definition) is 2. The van der Waals surface area contributed by atoms with E-state index in [0.717, 1.165) is 19.6 Å². The molecule has 0 spiro atoms. The number of nitrogens with zero attached hydrogens (tertiary/aromatic N) is 1. The van der Waals surface area contributed by atoms with Gasteiger partial charge in [-0.1, -0.05) is 0 Å². The van der Waals surface area contributed by atoms with E-state index in [0.29, 0.717) is 12.6 Å². The summed E-state index contributed by atoms with van der Waals surface area (Å²) in [6.07, 6.45) is 0. The minimum atomic E-state index is -3.02. The Labute approximate surface area is 98.1 Å². The second-order valence-corrected chi connectivity index (χ2v) is 5.69. The maximum Gasteiger partial charge on any atom is 0.211 e. The minimum Gasteiger partial charge on any atom is -0.314 e. The van der Waals surface area contributed by atoms with Gasteiger partial charge in [0.15, 0.2) is 0 Å². The van der Waals surface area contributed by atoms with E-state index in [1.54, 1.807) is 6.92 Å². The van der Waals surface area contributed by atoms with Crippen LogP contribution in [0.15, 0.2) is 0 Å². The van der Waals surface area contributed by atoms with Crippen molar-refractivity contribution < 1.29 is 8.42 Å². The number of rotatable bonds is 6. The van der Waals surface area contributed by atoms with Crippen molar-refractivity contribution in [2.24, 2.45) is 0 Å². The van der Waals surface area contributed by atoms with Gasteiger partial charge in [-0.05, 0) is 14.0 Å². The van der Waals surface area contributed by atoms with E-state index in [-0.39, 0.29) is 18.2 Å². The zero-order valence-electron chi connectivity index (χ0n) is 9.19. The summed E-state index contributed by atoms with van der Waals surface area (Å²) in [6, 6.07) is 0.570. The molecule has 1 fully saturated rings. The lowest BCUT2D eigenvalue weighted by Crippen LogP contribution is -2.56. The Hall–Kier alpha value is 0.120. The predicted molar refractivity (Wildman–Crippen MR) is 64.0 cm³/mol. The van der Waals surface area contributed by atoms with E-state index in [4.69, 9.17) is 0 Å². The van der Waals surface area contributed by atoms with E-state index in [9.17, 15) is 8.42 Å². The molecule has 0 bridgehead atoms. The van der Waals surface area contributed by atoms with Crippen molar-refractivity contribution in [2.75, 3.05) is 39.0 Å². The van der Waals surface area contributed by atoms with Crippen LogP contribution >= 0.6 is 12.4 Å². The highest BCUT2D eigenvalue weighted by Gasteiger charge is 2.20. The molecule has 7 heteroatoms. The van der Waals surface area contributed by atoms with Gasteiger partial charge >= 0.3 is 0 Å². The molecule has 0 aromatic heterocycles. The summed E-state index contributed by atoms with van der Waals surface area (Å²) >= 11 is 0. The van der Waals surface area contributed by atoms with Crippen molar-refractivity contribution >= 4 is 22.4 Å². The average Bonchev–Trinajstić information content (AvgIpc) is 2.01. The standard InChI is InChI=1S/C8H19N3O2S.ClH/c1-3-14(12,13)10-4-5-11(2)8-6-9-7-8;/h8-10H,3-7H2,1-2H3;1H. The molecule has 92 valence electrons. The molecule has 1 heterocycles. The highest BCUT2D eigenvalue weighted by molar-refractivity contribution is 7.89. The number of nitrogens with one attached hydrogen (secondary N) is 2. The molecule has 0 aliphatic carbocycles. The molecule has 0 unspecified atom stereocenters. The van der Waals surface area contributed by atoms with Crippen molar-refractivity contribution in [3.63, 3.8) is 0 Å². The summed E-state index contributed by atoms with van der Waals surface area (Å²) in [5.74, 6) is 0.154. The number of hydrogen-bond acceptors (Lipinski definition) is 4. The Morgan fingerprint density at radius 3 is 2.47 bits per heavy atom. The maximum absolute atomic E-state index is 11.1. The molecule has 0 aromatic carbocycles. The second kappa shape index (κ2) is 6.65. The van der Waals surface area contributed by atoms with Crippen molar-refractivity contribution in [2.45, 2.75) is 13.0 Å². The molecule has 1 aliphatic rings. The zero-order chi connectivity index (χ0) is 10.6. The topological polar surface area (TPSA) is 61.4 Å². The van der Waals surface area contributed by atoms with E-state index in [1.165, 1.54) is 0 Å². The van der Waals surface area contributed by atoms with Crippen molar-refractivity contribution in [1.29, 1.82) is 0 Å². The lowest BCUT2D eigenvalue weighted by molar-refractivity contribution is 0.183. The molecular weight excluding hydrogens is 238 g/mol. The highest BCUT2D eigenvalue weighted by Crippen LogP contribution is 2.00. The monoisotopic (exact) mass is 257 g/mol. The first kappa shape index (κ1) is 15.1. The van der Waals surface area contributed by atoms with Gasteiger partial charge in [-0.15, -0.1) is 12.4 Å². The molecule has 1 rings (SSSR count). The van der Waals surface area contributed by atoms with Crippen LogP contribution in [0.5, 0.6) is 0 Å². The van der Waals surface area contributed by atoms with Crippen LogP contribution < -0.4 is 10.0 Å². The third-order valence-electron chi connectivity index (χ3n) is 2.55. The number of sulfonamides is 1. The number of halogens is 1. The first-order valence-corrected chi connectivity index (χ1v) is 6.58. The van der Waals surface area contributed by atoms with Gasteiger partial charge in [0, 0.05) is 32.2 Å². The SMILES string of the molecule is CCS(=O)(=O)NCCN(C)C1CNC1.Cl. The first-order valence-electron chi connectivity index (χ1n) is 4.93. The van der Waals surface area contributed by atoms with E-state index < -0.39 is 10.0 Å². The molecule has 5 nitrogen and oxygen atoms in total. The summed E-state index contributed by atoms with van der Waals surface area (Å²) in [4.78, 5) is 2.18. The van der Waals surface area contributed by atoms with E-state index >= 15 is 0 Å². The maximum atomic E-state index is 11.1. The average molecular weight is 258 g/mol. The molecule has 2 N–H and O–H groups in total. The molecule has 0 amide bonds. The fraction of sp³-hybridized carbons (Fsp3) is 1.00. The van der Waals surface area contributed by atoms with Gasteiger partial charge in [0.2, 0.25) is 10.0 Å². The largest absolute Gasteiger partial charge is 0.314 e. The van der Waals surface area contributed by atoms with Gasteiger partial charge < -0.3 is 5.32 Å². The van der Waals surface area contributed by atoms with E-state index in [1.807, 2.05) is 7.05 Å². The Bertz CT molecular complexity index is 267. The van der Waals surface area contributed by atoms with Gasteiger partial charge in [-0.2, -0.15) is 0 Å². The fourth-order valence-electron chi connectivity index (χ4n) is 1.25. The summed E-state index contributed by atoms with van der Waals surface area (Å²) < 4.78 is 24.7. The predicted octanol–water partition coefficient (Wildman–Crippen LogP) is -0.749. The van der Waals surface area contributed by atoms with Gasteiger partial charge in [0.05, 0.1) is 5.75 Å². The quantitative estimate of drug-likeness (QED) is 0.658. The molecule has 0 atom stereocenters. The Kier molecular flexibility index (Phi) is 6.70. The van der Waals surface area contributed by atoms with Crippen LogP contribution in [0.1, 0.15) is 6.92 Å². The molecule has 1 saturated heterocycles. The van der Waals surface area contributed by atoms with E-state index in [2.05, 4.69) is 14.9 Å². The van der Waals surface area contributed by atoms with Crippen LogP contribution in [0, 0.1) is 0 Å². The normalized spacial score (nSPS) is 17.3. The molecular formula is C8H20ClN3O2S. The van der Waals surface area contributed by atoms with Gasteiger partial charge in [0.25, 0.3) is 0 Å². The molecule has 0 radical (unpaired) electrons. The Morgan fingerprint density at radius 2 is 2.07 bits per heavy atom. The Balaban J connectivity index is 0.00000196. The third kappa shape index (κ3) is 5.12. The lowest BCUT2D eigenvalue weighted by atomic mass is 10.1. The fourth-order valence-corrected chi connectivity index (χ4v) is 1.85. The Morgan fingerprint density at radius 1 is 1.47 bits per heavy atom. The van der Waals surface area contributed by atoms with Crippen LogP contribution in [0.3, 0.4) is 0 Å². The van der Waals surface area contributed by atoms with Gasteiger partial charge in [0.1, 0.15) is 0 Å². The molecule has 1 aliphatic heterocycles. The molecule has 0 aromatic rings. The van der Waals surface area contributed by atoms with Gasteiger partial charge in [-0.3, -0.25) is 4.90 Å². The van der Waals surface area contributed by atoms with Crippen molar-refractivity contribution in [3.05, 3.63) is 0 Å². The second-order valence-electron chi connectivity index (χ2n) is 3.59. The van der Waals surface area contributed by atoms with Crippen LogP contribution in [0.4, 0.5) is 0 Å². The molecule has 0 saturated carbocycles. The van der Waals surface area contributed by atoms with Crippen molar-refractivity contribution in [1.82, 2.24) is 14.9 Å². The smallest absolute Gasteiger partial charge is 0.211 e. The van der Waals surface area contributed by atoms with Gasteiger partial charge in [-0.25, -0.2) is 13.1 Å². The summed E-state index contributed by atoms with van der Waals surface area (Å²) in [5.41, 5.74) is 0. The summed E-state index contributed by atoms with van der Waals surface area (Å²) in [7, 11) is -1.00. The van der Waals surface area contributed by atoms with Crippen molar-refractivity contribution in [3.8, 4) is 0 Å². The minimum absolute atomic E-state index is 0. The third-order valence-corrected chi connectivity index (χ3v) is 3.95. The van der Waals surface area contributed by atoms with Crippen LogP contribution in [-0.4, -0.2) is 58.3 Å². The first-order chi connectivity index (χ1) is 6.55. The number of likely N-dealkylation sites (N-methyl/N-ethyl adjacent to an activating group) is 1. The highest BCUT2D eigenvalue weighted by atomic mass is 35.5. The van der Waals surface area contributed by atoms with Crippen LogP contribution in [0.25, 0.3) is 0 Å².